The van der Waals surface area contributed by atoms with Crippen molar-refractivity contribution in [2.24, 2.45) is 0 Å². The van der Waals surface area contributed by atoms with Crippen molar-refractivity contribution >= 4 is 75.1 Å². The number of aryl methyl sites for hydroxylation is 1. The zero-order valence-corrected chi connectivity index (χ0v) is 30.4. The Hall–Kier alpha value is -5.98. The highest BCUT2D eigenvalue weighted by Gasteiger charge is 2.28. The molecule has 0 fully saturated rings. The third-order valence-corrected chi connectivity index (χ3v) is 10.0. The van der Waals surface area contributed by atoms with Crippen LogP contribution in [0, 0.1) is 13.8 Å². The molecule has 4 N–H and O–H groups in total. The number of methoxy groups -OCH3 is 1. The summed E-state index contributed by atoms with van der Waals surface area (Å²) in [6.45, 7) is 5.29. The second kappa shape index (κ2) is 17.3. The van der Waals surface area contributed by atoms with Crippen molar-refractivity contribution in [3.8, 4) is 0 Å². The van der Waals surface area contributed by atoms with Crippen LogP contribution >= 0.6 is 23.1 Å². The van der Waals surface area contributed by atoms with Gasteiger partial charge < -0.3 is 26.0 Å². The summed E-state index contributed by atoms with van der Waals surface area (Å²) in [7, 11) is 1.23. The van der Waals surface area contributed by atoms with E-state index in [2.05, 4.69) is 21.3 Å². The number of esters is 1. The average Bonchev–Trinajstić information content (AvgIpc) is 3.47. The topological polar surface area (TPSA) is 143 Å². The van der Waals surface area contributed by atoms with E-state index >= 15 is 0 Å². The molecule has 1 heterocycles. The monoisotopic (exact) mass is 732 g/mol. The number of hydrogen-bond acceptors (Lipinski definition) is 8. The Morgan fingerprint density at radius 3 is 2.08 bits per heavy atom. The van der Waals surface area contributed by atoms with E-state index in [4.69, 9.17) is 4.74 Å². The minimum atomic E-state index is -0.678. The van der Waals surface area contributed by atoms with E-state index in [1.807, 2.05) is 37.3 Å². The Kier molecular flexibility index (Phi) is 12.4. The summed E-state index contributed by atoms with van der Waals surface area (Å²) >= 11 is 2.22. The largest absolute Gasteiger partial charge is 0.465 e. The number of thioether (sulfide) groups is 1. The fourth-order valence-corrected chi connectivity index (χ4v) is 6.98. The van der Waals surface area contributed by atoms with Gasteiger partial charge >= 0.3 is 5.97 Å². The van der Waals surface area contributed by atoms with Crippen LogP contribution < -0.4 is 21.3 Å². The van der Waals surface area contributed by atoms with Gasteiger partial charge in [0.05, 0.1) is 22.8 Å². The summed E-state index contributed by atoms with van der Waals surface area (Å²) in [6.07, 6.45) is 1.60. The molecule has 264 valence electrons. The first-order valence-corrected chi connectivity index (χ1v) is 17.8. The first kappa shape index (κ1) is 37.3. The average molecular weight is 733 g/mol. The number of ether oxygens (including phenoxy) is 1. The zero-order valence-electron chi connectivity index (χ0n) is 28.8. The highest BCUT2D eigenvalue weighted by atomic mass is 32.2. The molecular weight excluding hydrogens is 697 g/mol. The van der Waals surface area contributed by atoms with Crippen molar-refractivity contribution < 1.29 is 28.7 Å². The fourth-order valence-electron chi connectivity index (χ4n) is 4.96. The van der Waals surface area contributed by atoms with Gasteiger partial charge in [-0.2, -0.15) is 0 Å². The molecule has 1 unspecified atom stereocenters. The lowest BCUT2D eigenvalue weighted by molar-refractivity contribution is -0.115. The molecule has 10 nitrogen and oxygen atoms in total. The van der Waals surface area contributed by atoms with Crippen molar-refractivity contribution in [3.63, 3.8) is 0 Å². The maximum Gasteiger partial charge on any atom is 0.341 e. The maximum atomic E-state index is 13.6. The van der Waals surface area contributed by atoms with Crippen molar-refractivity contribution in [1.29, 1.82) is 0 Å². The number of anilines is 3. The lowest BCUT2D eigenvalue weighted by atomic mass is 10.1. The summed E-state index contributed by atoms with van der Waals surface area (Å²) < 4.78 is 4.97. The number of rotatable bonds is 12. The number of amides is 4. The van der Waals surface area contributed by atoms with Crippen LogP contribution in [-0.4, -0.2) is 42.0 Å². The third-order valence-electron chi connectivity index (χ3n) is 7.70. The third kappa shape index (κ3) is 9.62. The van der Waals surface area contributed by atoms with Crippen molar-refractivity contribution in [2.75, 3.05) is 23.1 Å². The SMILES string of the molecule is COC(=O)c1c(NC(=O)C(C)Sc2cccc(NC(=O)/C(=C\c3ccc(C)cc3)NC(=O)c3ccccc3)c2)sc(C(=O)Nc2ccccc2)c1C. The standard InChI is InChI=1S/C40H36N4O6S2/c1-24-18-20-27(21-19-24)22-32(43-36(46)28-12-7-5-8-13-28)37(47)42-30-16-11-17-31(23-30)51-26(3)35(45)44-39-33(40(49)50-4)25(2)34(52-39)38(48)41-29-14-9-6-10-15-29/h5-23,26H,1-4H3,(H,41,48)(H,42,47)(H,43,46)(H,44,45)/b32-22+. The molecule has 1 atom stereocenters. The first-order chi connectivity index (χ1) is 25.0. The molecule has 5 rings (SSSR count). The molecule has 0 saturated heterocycles. The van der Waals surface area contributed by atoms with Gasteiger partial charge in [0.2, 0.25) is 5.91 Å². The molecule has 0 radical (unpaired) electrons. The summed E-state index contributed by atoms with van der Waals surface area (Å²) in [5, 5.41) is 10.8. The minimum Gasteiger partial charge on any atom is -0.465 e. The van der Waals surface area contributed by atoms with Crippen molar-refractivity contribution in [3.05, 3.63) is 148 Å². The molecule has 5 aromatic rings. The van der Waals surface area contributed by atoms with E-state index < -0.39 is 34.8 Å². The van der Waals surface area contributed by atoms with Crippen LogP contribution in [0.5, 0.6) is 0 Å². The van der Waals surface area contributed by atoms with Crippen LogP contribution in [0.3, 0.4) is 0 Å². The van der Waals surface area contributed by atoms with Gasteiger partial charge in [0.25, 0.3) is 17.7 Å². The quantitative estimate of drug-likeness (QED) is 0.0580. The molecule has 1 aromatic heterocycles. The fraction of sp³-hybridized carbons (Fsp3) is 0.125. The predicted octanol–water partition coefficient (Wildman–Crippen LogP) is 7.93. The molecule has 4 aromatic carbocycles. The van der Waals surface area contributed by atoms with Gasteiger partial charge in [-0.3, -0.25) is 19.2 Å². The number of benzene rings is 4. The minimum absolute atomic E-state index is 0.0491. The highest BCUT2D eigenvalue weighted by Crippen LogP contribution is 2.35. The molecule has 0 aliphatic carbocycles. The summed E-state index contributed by atoms with van der Waals surface area (Å²) in [5.41, 5.74) is 3.76. The highest BCUT2D eigenvalue weighted by molar-refractivity contribution is 8.00. The number of hydrogen-bond donors (Lipinski definition) is 4. The molecule has 0 bridgehead atoms. The van der Waals surface area contributed by atoms with Crippen LogP contribution in [0.25, 0.3) is 6.08 Å². The summed E-state index contributed by atoms with van der Waals surface area (Å²) in [4.78, 5) is 66.8. The van der Waals surface area contributed by atoms with E-state index in [0.29, 0.717) is 27.4 Å². The van der Waals surface area contributed by atoms with Crippen molar-refractivity contribution in [1.82, 2.24) is 5.32 Å². The molecular formula is C40H36N4O6S2. The lowest BCUT2D eigenvalue weighted by Gasteiger charge is -2.14. The zero-order chi connectivity index (χ0) is 37.2. The molecule has 4 amide bonds. The lowest BCUT2D eigenvalue weighted by Crippen LogP contribution is -2.30. The van der Waals surface area contributed by atoms with Crippen LogP contribution in [0.15, 0.2) is 120 Å². The smallest absolute Gasteiger partial charge is 0.341 e. The van der Waals surface area contributed by atoms with Crippen molar-refractivity contribution in [2.45, 2.75) is 30.9 Å². The Morgan fingerprint density at radius 1 is 0.750 bits per heavy atom. The van der Waals surface area contributed by atoms with Gasteiger partial charge in [0.15, 0.2) is 0 Å². The molecule has 12 heteroatoms. The van der Waals surface area contributed by atoms with E-state index in [1.54, 1.807) is 98.8 Å². The normalized spacial score (nSPS) is 11.6. The predicted molar refractivity (Wildman–Crippen MR) is 207 cm³/mol. The van der Waals surface area contributed by atoms with Gasteiger partial charge in [0, 0.05) is 21.8 Å². The number of nitrogens with one attached hydrogen (secondary N) is 4. The molecule has 0 saturated carbocycles. The Bertz CT molecular complexity index is 2130. The second-order valence-electron chi connectivity index (χ2n) is 11.6. The second-order valence-corrected chi connectivity index (χ2v) is 14.0. The Morgan fingerprint density at radius 2 is 1.40 bits per heavy atom. The summed E-state index contributed by atoms with van der Waals surface area (Å²) in [5.74, 6) is -2.47. The van der Waals surface area contributed by atoms with Gasteiger partial charge in [-0.25, -0.2) is 4.79 Å². The summed E-state index contributed by atoms with van der Waals surface area (Å²) in [6, 6.07) is 32.0. The number of carbonyl (C=O) groups is 5. The maximum absolute atomic E-state index is 13.6. The molecule has 0 aliphatic rings. The van der Waals surface area contributed by atoms with Crippen LogP contribution in [0.2, 0.25) is 0 Å². The van der Waals surface area contributed by atoms with Crippen LogP contribution in [0.1, 0.15) is 54.0 Å². The van der Waals surface area contributed by atoms with E-state index in [-0.39, 0.29) is 21.1 Å². The molecule has 0 aliphatic heterocycles. The Labute approximate surface area is 309 Å². The van der Waals surface area contributed by atoms with Gasteiger partial charge in [-0.1, -0.05) is 72.3 Å². The van der Waals surface area contributed by atoms with Crippen LogP contribution in [-0.2, 0) is 14.3 Å². The van der Waals surface area contributed by atoms with Gasteiger partial charge in [-0.15, -0.1) is 23.1 Å². The number of thiophene rings is 1. The van der Waals surface area contributed by atoms with Gasteiger partial charge in [0.1, 0.15) is 10.7 Å². The van der Waals surface area contributed by atoms with E-state index in [9.17, 15) is 24.0 Å². The van der Waals surface area contributed by atoms with Crippen LogP contribution in [0.4, 0.5) is 16.4 Å². The molecule has 52 heavy (non-hydrogen) atoms. The van der Waals surface area contributed by atoms with E-state index in [0.717, 1.165) is 22.5 Å². The first-order valence-electron chi connectivity index (χ1n) is 16.1. The Balaban J connectivity index is 1.29. The number of para-hydroxylation sites is 1. The molecule has 0 spiro atoms. The van der Waals surface area contributed by atoms with E-state index in [1.165, 1.54) is 18.9 Å². The van der Waals surface area contributed by atoms with Gasteiger partial charge in [-0.05, 0) is 80.4 Å². The number of carbonyl (C=O) groups excluding carboxylic acids is 5.